The van der Waals surface area contributed by atoms with Crippen molar-refractivity contribution in [3.8, 4) is 11.3 Å². The SMILES string of the molecule is CCCCC(=O)c1ccccc1-c1ccccn1. The highest BCUT2D eigenvalue weighted by atomic mass is 16.1. The molecule has 0 atom stereocenters. The normalized spacial score (nSPS) is 10.3. The van der Waals surface area contributed by atoms with Crippen molar-refractivity contribution >= 4 is 5.78 Å². The largest absolute Gasteiger partial charge is 0.294 e. The van der Waals surface area contributed by atoms with Crippen LogP contribution >= 0.6 is 0 Å². The first kappa shape index (κ1) is 12.5. The number of aromatic nitrogens is 1. The van der Waals surface area contributed by atoms with E-state index in [2.05, 4.69) is 11.9 Å². The van der Waals surface area contributed by atoms with Crippen LogP contribution in [0.15, 0.2) is 48.7 Å². The Bertz CT molecular complexity index is 520. The molecular formula is C16H17NO. The molecule has 0 amide bonds. The molecule has 2 nitrogen and oxygen atoms in total. The first-order valence-electron chi connectivity index (χ1n) is 6.36. The number of carbonyl (C=O) groups excluding carboxylic acids is 1. The summed E-state index contributed by atoms with van der Waals surface area (Å²) in [5.74, 6) is 0.207. The van der Waals surface area contributed by atoms with Crippen LogP contribution in [0.3, 0.4) is 0 Å². The molecule has 0 bridgehead atoms. The van der Waals surface area contributed by atoms with E-state index in [-0.39, 0.29) is 5.78 Å². The summed E-state index contributed by atoms with van der Waals surface area (Å²) in [5.41, 5.74) is 2.57. The molecular weight excluding hydrogens is 222 g/mol. The van der Waals surface area contributed by atoms with Crippen molar-refractivity contribution in [2.75, 3.05) is 0 Å². The highest BCUT2D eigenvalue weighted by Crippen LogP contribution is 2.23. The summed E-state index contributed by atoms with van der Waals surface area (Å²) in [4.78, 5) is 16.5. The number of hydrogen-bond acceptors (Lipinski definition) is 2. The molecule has 0 saturated carbocycles. The number of benzene rings is 1. The molecule has 0 saturated heterocycles. The van der Waals surface area contributed by atoms with Gasteiger partial charge in [-0.3, -0.25) is 9.78 Å². The molecule has 1 aromatic carbocycles. The Balaban J connectivity index is 2.34. The van der Waals surface area contributed by atoms with Gasteiger partial charge in [0.25, 0.3) is 0 Å². The molecule has 92 valence electrons. The van der Waals surface area contributed by atoms with E-state index in [0.717, 1.165) is 29.7 Å². The van der Waals surface area contributed by atoms with Crippen LogP contribution in [-0.4, -0.2) is 10.8 Å². The molecule has 2 rings (SSSR count). The zero-order valence-corrected chi connectivity index (χ0v) is 10.6. The maximum absolute atomic E-state index is 12.2. The lowest BCUT2D eigenvalue weighted by atomic mass is 9.98. The van der Waals surface area contributed by atoms with Crippen molar-refractivity contribution < 1.29 is 4.79 Å². The summed E-state index contributed by atoms with van der Waals surface area (Å²) < 4.78 is 0. The molecule has 2 aromatic rings. The third kappa shape index (κ3) is 2.83. The average molecular weight is 239 g/mol. The Kier molecular flexibility index (Phi) is 4.24. The van der Waals surface area contributed by atoms with Gasteiger partial charge in [0.05, 0.1) is 5.69 Å². The molecule has 0 aliphatic rings. The Hall–Kier alpha value is -1.96. The third-order valence-electron chi connectivity index (χ3n) is 2.93. The molecule has 1 aromatic heterocycles. The molecule has 0 N–H and O–H groups in total. The fourth-order valence-electron chi connectivity index (χ4n) is 1.94. The first-order valence-corrected chi connectivity index (χ1v) is 6.36. The predicted octanol–water partition coefficient (Wildman–Crippen LogP) is 4.12. The van der Waals surface area contributed by atoms with Gasteiger partial charge < -0.3 is 0 Å². The van der Waals surface area contributed by atoms with Crippen LogP contribution in [0.5, 0.6) is 0 Å². The van der Waals surface area contributed by atoms with Gasteiger partial charge in [-0.1, -0.05) is 43.7 Å². The number of hydrogen-bond donors (Lipinski definition) is 0. The van der Waals surface area contributed by atoms with E-state index in [4.69, 9.17) is 0 Å². The highest BCUT2D eigenvalue weighted by Gasteiger charge is 2.12. The van der Waals surface area contributed by atoms with E-state index in [0.29, 0.717) is 6.42 Å². The summed E-state index contributed by atoms with van der Waals surface area (Å²) in [7, 11) is 0. The van der Waals surface area contributed by atoms with Gasteiger partial charge in [0, 0.05) is 23.7 Å². The summed E-state index contributed by atoms with van der Waals surface area (Å²) in [6, 6.07) is 13.5. The standard InChI is InChI=1S/C16H17NO/c1-2-3-11-16(18)14-9-5-4-8-13(14)15-10-6-7-12-17-15/h4-10,12H,2-3,11H2,1H3. The van der Waals surface area contributed by atoms with E-state index in [1.165, 1.54) is 0 Å². The third-order valence-corrected chi connectivity index (χ3v) is 2.93. The van der Waals surface area contributed by atoms with Crippen LogP contribution in [0.2, 0.25) is 0 Å². The fourth-order valence-corrected chi connectivity index (χ4v) is 1.94. The second-order valence-electron chi connectivity index (χ2n) is 4.29. The lowest BCUT2D eigenvalue weighted by molar-refractivity contribution is 0.0980. The summed E-state index contributed by atoms with van der Waals surface area (Å²) in [5, 5.41) is 0. The number of ketones is 1. The first-order chi connectivity index (χ1) is 8.83. The zero-order valence-electron chi connectivity index (χ0n) is 10.6. The lowest BCUT2D eigenvalue weighted by Gasteiger charge is -2.07. The minimum absolute atomic E-state index is 0.207. The molecule has 2 heteroatoms. The quantitative estimate of drug-likeness (QED) is 0.734. The second kappa shape index (κ2) is 6.10. The minimum atomic E-state index is 0.207. The van der Waals surface area contributed by atoms with E-state index in [1.807, 2.05) is 42.5 Å². The molecule has 18 heavy (non-hydrogen) atoms. The van der Waals surface area contributed by atoms with E-state index >= 15 is 0 Å². The fraction of sp³-hybridized carbons (Fsp3) is 0.250. The molecule has 0 fully saturated rings. The van der Waals surface area contributed by atoms with Gasteiger partial charge in [0.1, 0.15) is 0 Å². The summed E-state index contributed by atoms with van der Waals surface area (Å²) in [6.45, 7) is 2.10. The van der Waals surface area contributed by atoms with Crippen LogP contribution in [0, 0.1) is 0 Å². The number of Topliss-reactive ketones (excluding diaryl/α,β-unsaturated/α-hetero) is 1. The van der Waals surface area contributed by atoms with Gasteiger partial charge >= 0.3 is 0 Å². The van der Waals surface area contributed by atoms with Crippen molar-refractivity contribution in [1.82, 2.24) is 4.98 Å². The number of nitrogens with zero attached hydrogens (tertiary/aromatic N) is 1. The summed E-state index contributed by atoms with van der Waals surface area (Å²) >= 11 is 0. The number of rotatable bonds is 5. The minimum Gasteiger partial charge on any atom is -0.294 e. The van der Waals surface area contributed by atoms with E-state index < -0.39 is 0 Å². The van der Waals surface area contributed by atoms with Gasteiger partial charge in [-0.05, 0) is 18.6 Å². The number of pyridine rings is 1. The second-order valence-corrected chi connectivity index (χ2v) is 4.29. The van der Waals surface area contributed by atoms with Gasteiger partial charge in [0.15, 0.2) is 5.78 Å². The predicted molar refractivity (Wildman–Crippen MR) is 73.5 cm³/mol. The smallest absolute Gasteiger partial charge is 0.163 e. The number of unbranched alkanes of at least 4 members (excludes halogenated alkanes) is 1. The molecule has 0 radical (unpaired) electrons. The van der Waals surface area contributed by atoms with Gasteiger partial charge in [0.2, 0.25) is 0 Å². The monoisotopic (exact) mass is 239 g/mol. The van der Waals surface area contributed by atoms with Crippen molar-refractivity contribution in [1.29, 1.82) is 0 Å². The van der Waals surface area contributed by atoms with Crippen molar-refractivity contribution in [3.05, 3.63) is 54.2 Å². The van der Waals surface area contributed by atoms with Crippen LogP contribution in [0.25, 0.3) is 11.3 Å². The van der Waals surface area contributed by atoms with Gasteiger partial charge in [-0.2, -0.15) is 0 Å². The van der Waals surface area contributed by atoms with Crippen LogP contribution < -0.4 is 0 Å². The molecule has 1 heterocycles. The Morgan fingerprint density at radius 3 is 2.61 bits per heavy atom. The van der Waals surface area contributed by atoms with Crippen LogP contribution in [0.1, 0.15) is 36.5 Å². The maximum atomic E-state index is 12.2. The Labute approximate surface area is 108 Å². The van der Waals surface area contributed by atoms with Crippen molar-refractivity contribution in [2.24, 2.45) is 0 Å². The Morgan fingerprint density at radius 2 is 1.89 bits per heavy atom. The maximum Gasteiger partial charge on any atom is 0.163 e. The van der Waals surface area contributed by atoms with Crippen LogP contribution in [-0.2, 0) is 0 Å². The zero-order chi connectivity index (χ0) is 12.8. The van der Waals surface area contributed by atoms with E-state index in [9.17, 15) is 4.79 Å². The Morgan fingerprint density at radius 1 is 1.11 bits per heavy atom. The highest BCUT2D eigenvalue weighted by molar-refractivity contribution is 6.01. The molecule has 0 aliphatic carbocycles. The van der Waals surface area contributed by atoms with Crippen LogP contribution in [0.4, 0.5) is 0 Å². The van der Waals surface area contributed by atoms with Crippen molar-refractivity contribution in [3.63, 3.8) is 0 Å². The van der Waals surface area contributed by atoms with Gasteiger partial charge in [-0.25, -0.2) is 0 Å². The number of carbonyl (C=O) groups is 1. The molecule has 0 aliphatic heterocycles. The van der Waals surface area contributed by atoms with E-state index in [1.54, 1.807) is 6.20 Å². The summed E-state index contributed by atoms with van der Waals surface area (Å²) in [6.07, 6.45) is 4.34. The topological polar surface area (TPSA) is 30.0 Å². The van der Waals surface area contributed by atoms with Gasteiger partial charge in [-0.15, -0.1) is 0 Å². The average Bonchev–Trinajstić information content (AvgIpc) is 2.45. The lowest BCUT2D eigenvalue weighted by Crippen LogP contribution is -2.01. The van der Waals surface area contributed by atoms with Crippen molar-refractivity contribution in [2.45, 2.75) is 26.2 Å². The molecule has 0 spiro atoms. The molecule has 0 unspecified atom stereocenters.